The van der Waals surface area contributed by atoms with Crippen LogP contribution in [0.4, 0.5) is 18.9 Å². The van der Waals surface area contributed by atoms with Crippen molar-refractivity contribution in [3.8, 4) is 0 Å². The molecule has 0 radical (unpaired) electrons. The zero-order chi connectivity index (χ0) is 25.7. The molecule has 0 spiro atoms. The van der Waals surface area contributed by atoms with Crippen molar-refractivity contribution in [1.82, 2.24) is 15.2 Å². The van der Waals surface area contributed by atoms with Crippen LogP contribution in [0.5, 0.6) is 0 Å². The molecule has 9 heteroatoms. The SMILES string of the molecule is CN(C(=O)C1CCC(=O)NC1)[C@@H](c1ccc(NC(c2ccccc2)c2ccccc2)cn1)C(F)(F)F. The van der Waals surface area contributed by atoms with Crippen molar-refractivity contribution in [2.75, 3.05) is 18.9 Å². The molecule has 0 aliphatic carbocycles. The highest BCUT2D eigenvalue weighted by molar-refractivity contribution is 5.84. The predicted molar refractivity (Wildman–Crippen MR) is 130 cm³/mol. The summed E-state index contributed by atoms with van der Waals surface area (Å²) in [7, 11) is 1.13. The van der Waals surface area contributed by atoms with Crippen LogP contribution in [0.1, 0.15) is 41.7 Å². The van der Waals surface area contributed by atoms with Gasteiger partial charge < -0.3 is 15.5 Å². The number of alkyl halides is 3. The Bertz CT molecular complexity index is 1120. The Kier molecular flexibility index (Phi) is 7.57. The number of piperidine rings is 1. The van der Waals surface area contributed by atoms with Gasteiger partial charge in [-0.05, 0) is 29.7 Å². The van der Waals surface area contributed by atoms with E-state index in [1.54, 1.807) is 6.07 Å². The van der Waals surface area contributed by atoms with Gasteiger partial charge in [-0.2, -0.15) is 13.2 Å². The summed E-state index contributed by atoms with van der Waals surface area (Å²) in [5.41, 5.74) is 2.25. The summed E-state index contributed by atoms with van der Waals surface area (Å²) < 4.78 is 42.2. The van der Waals surface area contributed by atoms with Gasteiger partial charge in [0.05, 0.1) is 29.5 Å². The van der Waals surface area contributed by atoms with Crippen molar-refractivity contribution in [3.63, 3.8) is 0 Å². The van der Waals surface area contributed by atoms with Gasteiger partial charge in [-0.3, -0.25) is 14.6 Å². The Morgan fingerprint density at radius 2 is 1.64 bits per heavy atom. The molecule has 2 N–H and O–H groups in total. The number of benzene rings is 2. The third-order valence-corrected chi connectivity index (χ3v) is 6.30. The molecule has 1 aliphatic heterocycles. The molecule has 0 bridgehead atoms. The first-order valence-corrected chi connectivity index (χ1v) is 11.7. The van der Waals surface area contributed by atoms with Crippen LogP contribution in [0.3, 0.4) is 0 Å². The molecule has 188 valence electrons. The second-order valence-electron chi connectivity index (χ2n) is 8.80. The Morgan fingerprint density at radius 3 is 2.11 bits per heavy atom. The molecule has 1 aromatic heterocycles. The number of hydrogen-bond acceptors (Lipinski definition) is 4. The van der Waals surface area contributed by atoms with Gasteiger partial charge in [-0.1, -0.05) is 60.7 Å². The Morgan fingerprint density at radius 1 is 1.03 bits per heavy atom. The highest BCUT2D eigenvalue weighted by Gasteiger charge is 2.47. The minimum Gasteiger partial charge on any atom is -0.373 e. The summed E-state index contributed by atoms with van der Waals surface area (Å²) in [6.07, 6.45) is -3.03. The average molecular weight is 497 g/mol. The van der Waals surface area contributed by atoms with Crippen molar-refractivity contribution >= 4 is 17.5 Å². The topological polar surface area (TPSA) is 74.3 Å². The van der Waals surface area contributed by atoms with E-state index in [0.29, 0.717) is 10.6 Å². The van der Waals surface area contributed by atoms with E-state index in [-0.39, 0.29) is 37.0 Å². The summed E-state index contributed by atoms with van der Waals surface area (Å²) in [6.45, 7) is 0.0310. The fraction of sp³-hybridized carbons (Fsp3) is 0.296. The summed E-state index contributed by atoms with van der Waals surface area (Å²) in [5, 5.41) is 5.91. The molecule has 36 heavy (non-hydrogen) atoms. The molecule has 3 aromatic rings. The highest BCUT2D eigenvalue weighted by Crippen LogP contribution is 2.37. The fourth-order valence-corrected chi connectivity index (χ4v) is 4.41. The highest BCUT2D eigenvalue weighted by atomic mass is 19.4. The molecule has 1 unspecified atom stereocenters. The summed E-state index contributed by atoms with van der Waals surface area (Å²) in [4.78, 5) is 29.0. The molecule has 4 rings (SSSR count). The van der Waals surface area contributed by atoms with E-state index >= 15 is 0 Å². The largest absolute Gasteiger partial charge is 0.414 e. The van der Waals surface area contributed by atoms with Crippen LogP contribution < -0.4 is 10.6 Å². The number of pyridine rings is 1. The fourth-order valence-electron chi connectivity index (χ4n) is 4.41. The maximum Gasteiger partial charge on any atom is 0.414 e. The number of anilines is 1. The molecule has 2 heterocycles. The van der Waals surface area contributed by atoms with Gasteiger partial charge >= 0.3 is 6.18 Å². The van der Waals surface area contributed by atoms with E-state index in [1.165, 1.54) is 12.3 Å². The molecular weight excluding hydrogens is 469 g/mol. The maximum absolute atomic E-state index is 14.1. The van der Waals surface area contributed by atoms with E-state index in [1.807, 2.05) is 60.7 Å². The summed E-state index contributed by atoms with van der Waals surface area (Å²) in [5.74, 6) is -1.58. The molecule has 1 saturated heterocycles. The standard InChI is InChI=1S/C27H27F3N4O2/c1-34(26(36)20-12-15-23(35)32-16-20)25(27(28,29)30)22-14-13-21(17-31-22)33-24(18-8-4-2-5-9-18)19-10-6-3-7-11-19/h2-11,13-14,17,20,24-25,33H,12,15-16H2,1H3,(H,32,35)/t20?,25-/m0/s1. The minimum absolute atomic E-state index is 0.0310. The molecular formula is C27H27F3N4O2. The number of carbonyl (C=O) groups is 2. The lowest BCUT2D eigenvalue weighted by Crippen LogP contribution is -2.47. The van der Waals surface area contributed by atoms with Crippen molar-refractivity contribution in [3.05, 3.63) is 95.8 Å². The molecule has 1 aliphatic rings. The van der Waals surface area contributed by atoms with E-state index in [0.717, 1.165) is 18.2 Å². The van der Waals surface area contributed by atoms with E-state index < -0.39 is 24.0 Å². The molecule has 2 aromatic carbocycles. The Hall–Kier alpha value is -3.88. The smallest absolute Gasteiger partial charge is 0.373 e. The quantitative estimate of drug-likeness (QED) is 0.490. The number of nitrogens with zero attached hydrogens (tertiary/aromatic N) is 2. The summed E-state index contributed by atoms with van der Waals surface area (Å²) in [6, 6.07) is 19.8. The van der Waals surface area contributed by atoms with Crippen molar-refractivity contribution < 1.29 is 22.8 Å². The molecule has 6 nitrogen and oxygen atoms in total. The molecule has 1 fully saturated rings. The van der Waals surface area contributed by atoms with Gasteiger partial charge in [0.15, 0.2) is 6.04 Å². The number of carbonyl (C=O) groups excluding carboxylic acids is 2. The zero-order valence-electron chi connectivity index (χ0n) is 19.7. The van der Waals surface area contributed by atoms with Crippen molar-refractivity contribution in [2.45, 2.75) is 31.1 Å². The lowest BCUT2D eigenvalue weighted by Gasteiger charge is -2.33. The van der Waals surface area contributed by atoms with Gasteiger partial charge in [0.1, 0.15) is 0 Å². The number of halogens is 3. The Labute approximate surface area is 207 Å². The van der Waals surface area contributed by atoms with E-state index in [9.17, 15) is 22.8 Å². The third-order valence-electron chi connectivity index (χ3n) is 6.30. The monoisotopic (exact) mass is 496 g/mol. The number of aromatic nitrogens is 1. The van der Waals surface area contributed by atoms with Crippen LogP contribution in [0.2, 0.25) is 0 Å². The van der Waals surface area contributed by atoms with Gasteiger partial charge in [0.25, 0.3) is 0 Å². The Balaban J connectivity index is 1.56. The number of nitrogens with one attached hydrogen (secondary N) is 2. The normalized spacial score (nSPS) is 16.8. The van der Waals surface area contributed by atoms with Crippen LogP contribution in [-0.4, -0.2) is 41.5 Å². The van der Waals surface area contributed by atoms with Gasteiger partial charge in [0, 0.05) is 20.0 Å². The first-order valence-electron chi connectivity index (χ1n) is 11.7. The molecule has 2 amide bonds. The van der Waals surface area contributed by atoms with E-state index in [4.69, 9.17) is 0 Å². The second kappa shape index (κ2) is 10.8. The maximum atomic E-state index is 14.1. The first-order chi connectivity index (χ1) is 17.2. The lowest BCUT2D eigenvalue weighted by atomic mass is 9.96. The van der Waals surface area contributed by atoms with Crippen LogP contribution in [0.15, 0.2) is 79.0 Å². The molecule has 2 atom stereocenters. The van der Waals surface area contributed by atoms with Gasteiger partial charge in [-0.25, -0.2) is 0 Å². The van der Waals surface area contributed by atoms with Gasteiger partial charge in [-0.15, -0.1) is 0 Å². The van der Waals surface area contributed by atoms with Crippen molar-refractivity contribution in [1.29, 1.82) is 0 Å². The minimum atomic E-state index is -4.72. The summed E-state index contributed by atoms with van der Waals surface area (Å²) >= 11 is 0. The van der Waals surface area contributed by atoms with Crippen LogP contribution in [0, 0.1) is 5.92 Å². The number of rotatable bonds is 7. The van der Waals surface area contributed by atoms with Crippen LogP contribution >= 0.6 is 0 Å². The predicted octanol–water partition coefficient (Wildman–Crippen LogP) is 4.87. The number of amides is 2. The second-order valence-corrected chi connectivity index (χ2v) is 8.80. The van der Waals surface area contributed by atoms with Gasteiger partial charge in [0.2, 0.25) is 11.8 Å². The lowest BCUT2D eigenvalue weighted by molar-refractivity contribution is -0.191. The zero-order valence-corrected chi connectivity index (χ0v) is 19.7. The van der Waals surface area contributed by atoms with Crippen LogP contribution in [0.25, 0.3) is 0 Å². The average Bonchev–Trinajstić information content (AvgIpc) is 2.88. The van der Waals surface area contributed by atoms with Crippen molar-refractivity contribution in [2.24, 2.45) is 5.92 Å². The molecule has 0 saturated carbocycles. The third kappa shape index (κ3) is 5.84. The van der Waals surface area contributed by atoms with E-state index in [2.05, 4.69) is 15.6 Å². The van der Waals surface area contributed by atoms with Crippen LogP contribution in [-0.2, 0) is 9.59 Å². The number of hydrogen-bond donors (Lipinski definition) is 2. The first kappa shape index (κ1) is 25.2.